The van der Waals surface area contributed by atoms with Crippen molar-refractivity contribution >= 4 is 5.91 Å². The smallest absolute Gasteiger partial charge is 0.249 e. The van der Waals surface area contributed by atoms with Gasteiger partial charge in [-0.15, -0.1) is 0 Å². The summed E-state index contributed by atoms with van der Waals surface area (Å²) in [5.74, 6) is -0.586. The molecule has 1 heterocycles. The van der Waals surface area contributed by atoms with Gasteiger partial charge in [0.15, 0.2) is 6.29 Å². The molecule has 1 amide bonds. The minimum absolute atomic E-state index is 0.251. The average molecular weight is 718 g/mol. The number of carbonyl (C=O) groups excluding carboxylic acids is 1. The second-order valence-corrected chi connectivity index (χ2v) is 14.9. The third-order valence-electron chi connectivity index (χ3n) is 10.3. The lowest BCUT2D eigenvalue weighted by Gasteiger charge is -2.40. The van der Waals surface area contributed by atoms with E-state index < -0.39 is 61.5 Å². The molecule has 0 bridgehead atoms. The average Bonchev–Trinajstić information content (AvgIpc) is 3.11. The number of ether oxygens (including phenoxy) is 2. The van der Waals surface area contributed by atoms with E-state index in [1.54, 1.807) is 0 Å². The number of unbranched alkanes of at least 4 members (excludes halogenated alkanes) is 23. The lowest BCUT2D eigenvalue weighted by Crippen LogP contribution is -2.60. The highest BCUT2D eigenvalue weighted by Crippen LogP contribution is 2.23. The van der Waals surface area contributed by atoms with Crippen molar-refractivity contribution in [3.8, 4) is 0 Å². The molecule has 1 rings (SSSR count). The third kappa shape index (κ3) is 22.3. The Morgan fingerprint density at radius 3 is 1.42 bits per heavy atom. The molecule has 8 unspecified atom stereocenters. The van der Waals surface area contributed by atoms with Crippen molar-refractivity contribution in [1.82, 2.24) is 5.32 Å². The van der Waals surface area contributed by atoms with Crippen molar-refractivity contribution in [1.29, 1.82) is 0 Å². The minimum Gasteiger partial charge on any atom is -0.394 e. The van der Waals surface area contributed by atoms with Gasteiger partial charge in [-0.05, 0) is 12.8 Å². The van der Waals surface area contributed by atoms with Gasteiger partial charge in [0.2, 0.25) is 5.91 Å². The number of aliphatic hydroxyl groups is 6. The van der Waals surface area contributed by atoms with E-state index in [1.807, 2.05) is 0 Å². The van der Waals surface area contributed by atoms with Crippen molar-refractivity contribution in [3.05, 3.63) is 0 Å². The Kier molecular flexibility index (Phi) is 29.9. The molecule has 10 nitrogen and oxygen atoms in total. The van der Waals surface area contributed by atoms with Gasteiger partial charge in [-0.1, -0.05) is 174 Å². The van der Waals surface area contributed by atoms with Gasteiger partial charge in [0, 0.05) is 0 Å². The highest BCUT2D eigenvalue weighted by Gasteiger charge is 2.44. The predicted molar refractivity (Wildman–Crippen MR) is 200 cm³/mol. The topological polar surface area (TPSA) is 169 Å². The Morgan fingerprint density at radius 1 is 0.600 bits per heavy atom. The molecule has 1 fully saturated rings. The molecule has 0 aromatic carbocycles. The zero-order chi connectivity index (χ0) is 36.8. The van der Waals surface area contributed by atoms with E-state index in [9.17, 15) is 35.4 Å². The fourth-order valence-electron chi connectivity index (χ4n) is 6.81. The van der Waals surface area contributed by atoms with E-state index >= 15 is 0 Å². The molecule has 0 aromatic rings. The molecular weight excluding hydrogens is 638 g/mol. The summed E-state index contributed by atoms with van der Waals surface area (Å²) < 4.78 is 11.1. The van der Waals surface area contributed by atoms with E-state index in [-0.39, 0.29) is 6.61 Å². The second-order valence-electron chi connectivity index (χ2n) is 14.9. The molecule has 0 radical (unpaired) electrons. The van der Waals surface area contributed by atoms with Crippen molar-refractivity contribution in [2.75, 3.05) is 13.2 Å². The highest BCUT2D eigenvalue weighted by atomic mass is 16.7. The Morgan fingerprint density at radius 2 is 1.00 bits per heavy atom. The largest absolute Gasteiger partial charge is 0.394 e. The molecule has 7 N–H and O–H groups in total. The first kappa shape index (κ1) is 47.2. The predicted octanol–water partition coefficient (Wildman–Crippen LogP) is 6.58. The van der Waals surface area contributed by atoms with E-state index in [1.165, 1.54) is 116 Å². The molecule has 298 valence electrons. The number of hydrogen-bond acceptors (Lipinski definition) is 9. The maximum atomic E-state index is 12.9. The number of carbonyl (C=O) groups is 1. The SMILES string of the molecule is CCCCCCCCCCCCCCCCCCCC(O)C(COC1OC(CO)C(O)C(O)C1O)NC(=O)C(O)CCCCCCCCCC. The number of aliphatic hydroxyl groups excluding tert-OH is 6. The molecule has 0 aliphatic carbocycles. The maximum absolute atomic E-state index is 12.9. The zero-order valence-electron chi connectivity index (χ0n) is 32.0. The maximum Gasteiger partial charge on any atom is 0.249 e. The van der Waals surface area contributed by atoms with Crippen LogP contribution < -0.4 is 5.32 Å². The fourth-order valence-corrected chi connectivity index (χ4v) is 6.81. The van der Waals surface area contributed by atoms with Crippen molar-refractivity contribution in [2.45, 2.75) is 236 Å². The molecule has 50 heavy (non-hydrogen) atoms. The van der Waals surface area contributed by atoms with Crippen molar-refractivity contribution in [3.63, 3.8) is 0 Å². The van der Waals surface area contributed by atoms with Crippen LogP contribution >= 0.6 is 0 Å². The number of rotatable bonds is 34. The van der Waals surface area contributed by atoms with Crippen LogP contribution in [0.4, 0.5) is 0 Å². The standard InChI is InChI=1S/C40H79NO9/c1-3-5-7-9-11-13-14-15-16-17-18-19-20-21-23-24-26-28-33(43)32(31-49-40-38(47)37(46)36(45)35(30-42)50-40)41-39(48)34(44)29-27-25-22-12-10-8-6-4-2/h32-38,40,42-47H,3-31H2,1-2H3,(H,41,48). The monoisotopic (exact) mass is 718 g/mol. The summed E-state index contributed by atoms with van der Waals surface area (Å²) >= 11 is 0. The molecule has 1 saturated heterocycles. The Labute approximate surface area is 305 Å². The summed E-state index contributed by atoms with van der Waals surface area (Å²) in [5, 5.41) is 64.4. The minimum atomic E-state index is -1.59. The molecule has 0 aromatic heterocycles. The Balaban J connectivity index is 2.40. The van der Waals surface area contributed by atoms with Crippen LogP contribution in [0.3, 0.4) is 0 Å². The van der Waals surface area contributed by atoms with Gasteiger partial charge in [-0.3, -0.25) is 4.79 Å². The van der Waals surface area contributed by atoms with Gasteiger partial charge in [0.25, 0.3) is 0 Å². The summed E-state index contributed by atoms with van der Waals surface area (Å²) in [6, 6.07) is -0.885. The van der Waals surface area contributed by atoms with Gasteiger partial charge < -0.3 is 45.4 Å². The van der Waals surface area contributed by atoms with Crippen molar-refractivity contribution < 1.29 is 44.9 Å². The van der Waals surface area contributed by atoms with E-state index in [2.05, 4.69) is 19.2 Å². The molecule has 8 atom stereocenters. The number of amides is 1. The molecule has 0 saturated carbocycles. The third-order valence-corrected chi connectivity index (χ3v) is 10.3. The number of nitrogens with one attached hydrogen (secondary N) is 1. The first-order chi connectivity index (χ1) is 24.3. The second kappa shape index (κ2) is 31.7. The normalized spacial score (nSPS) is 22.8. The first-order valence-electron chi connectivity index (χ1n) is 20.8. The van der Waals surface area contributed by atoms with Crippen LogP contribution in [-0.4, -0.2) is 98.7 Å². The molecule has 1 aliphatic heterocycles. The Bertz CT molecular complexity index is 773. The van der Waals surface area contributed by atoms with Crippen LogP contribution in [0.15, 0.2) is 0 Å². The fraction of sp³-hybridized carbons (Fsp3) is 0.975. The first-order valence-corrected chi connectivity index (χ1v) is 20.8. The summed E-state index contributed by atoms with van der Waals surface area (Å²) in [6.07, 6.45) is 21.7. The van der Waals surface area contributed by atoms with Gasteiger partial charge in [0.05, 0.1) is 25.4 Å². The molecule has 10 heteroatoms. The zero-order valence-corrected chi connectivity index (χ0v) is 32.0. The van der Waals surface area contributed by atoms with Gasteiger partial charge >= 0.3 is 0 Å². The van der Waals surface area contributed by atoms with Gasteiger partial charge in [-0.2, -0.15) is 0 Å². The van der Waals surface area contributed by atoms with Crippen molar-refractivity contribution in [2.24, 2.45) is 0 Å². The molecule has 0 spiro atoms. The number of hydrogen-bond donors (Lipinski definition) is 7. The van der Waals surface area contributed by atoms with Crippen LogP contribution in [0.1, 0.15) is 187 Å². The molecule has 1 aliphatic rings. The van der Waals surface area contributed by atoms with Crippen LogP contribution in [0.2, 0.25) is 0 Å². The lowest BCUT2D eigenvalue weighted by atomic mass is 9.99. The van der Waals surface area contributed by atoms with Crippen LogP contribution in [0, 0.1) is 0 Å². The van der Waals surface area contributed by atoms with Crippen LogP contribution in [0.25, 0.3) is 0 Å². The summed E-state index contributed by atoms with van der Waals surface area (Å²) in [7, 11) is 0. The molecular formula is C40H79NO9. The van der Waals surface area contributed by atoms with E-state index in [0.29, 0.717) is 12.8 Å². The summed E-state index contributed by atoms with van der Waals surface area (Å²) in [6.45, 7) is 3.62. The van der Waals surface area contributed by atoms with Crippen LogP contribution in [-0.2, 0) is 14.3 Å². The van der Waals surface area contributed by atoms with E-state index in [0.717, 1.165) is 44.9 Å². The lowest BCUT2D eigenvalue weighted by molar-refractivity contribution is -0.302. The van der Waals surface area contributed by atoms with Crippen LogP contribution in [0.5, 0.6) is 0 Å². The van der Waals surface area contributed by atoms with Gasteiger partial charge in [-0.25, -0.2) is 0 Å². The summed E-state index contributed by atoms with van der Waals surface area (Å²) in [5.41, 5.74) is 0. The highest BCUT2D eigenvalue weighted by molar-refractivity contribution is 5.80. The van der Waals surface area contributed by atoms with E-state index in [4.69, 9.17) is 9.47 Å². The summed E-state index contributed by atoms with van der Waals surface area (Å²) in [4.78, 5) is 12.9. The Hall–Kier alpha value is -0.850. The quantitative estimate of drug-likeness (QED) is 0.0364. The van der Waals surface area contributed by atoms with Gasteiger partial charge in [0.1, 0.15) is 30.5 Å².